The topological polar surface area (TPSA) is 113 Å². The van der Waals surface area contributed by atoms with Gasteiger partial charge < -0.3 is 10.5 Å². The summed E-state index contributed by atoms with van der Waals surface area (Å²) in [6.07, 6.45) is 0. The Balaban J connectivity index is 2.48. The summed E-state index contributed by atoms with van der Waals surface area (Å²) in [4.78, 5) is 11.9. The smallest absolute Gasteiger partial charge is 0.244 e. The van der Waals surface area contributed by atoms with E-state index in [2.05, 4.69) is 0 Å². The lowest BCUT2D eigenvalue weighted by Gasteiger charge is -2.28. The van der Waals surface area contributed by atoms with Gasteiger partial charge >= 0.3 is 0 Å². The predicted octanol–water partition coefficient (Wildman–Crippen LogP) is 1.90. The van der Waals surface area contributed by atoms with Crippen molar-refractivity contribution < 1.29 is 17.9 Å². The van der Waals surface area contributed by atoms with Gasteiger partial charge in [-0.2, -0.15) is 9.57 Å². The van der Waals surface area contributed by atoms with Crippen molar-refractivity contribution in [3.8, 4) is 6.07 Å². The molecule has 0 unspecified atom stereocenters. The first-order valence-corrected chi connectivity index (χ1v) is 9.66. The lowest BCUT2D eigenvalue weighted by molar-refractivity contribution is -0.123. The fourth-order valence-corrected chi connectivity index (χ4v) is 4.13. The van der Waals surface area contributed by atoms with Crippen LogP contribution in [0.3, 0.4) is 0 Å². The Morgan fingerprint density at radius 3 is 2.30 bits per heavy atom. The highest BCUT2D eigenvalue weighted by Gasteiger charge is 2.35. The van der Waals surface area contributed by atoms with Gasteiger partial charge in [-0.3, -0.25) is 4.79 Å². The maximum atomic E-state index is 13.2. The zero-order valence-corrected chi connectivity index (χ0v) is 16.1. The zero-order chi connectivity index (χ0) is 20.0. The second-order valence-electron chi connectivity index (χ2n) is 5.69. The van der Waals surface area contributed by atoms with Crippen LogP contribution in [0.15, 0.2) is 53.4 Å². The van der Waals surface area contributed by atoms with Gasteiger partial charge in [0, 0.05) is 18.7 Å². The molecule has 1 amide bonds. The molecule has 0 radical (unpaired) electrons. The molecule has 0 aromatic heterocycles. The summed E-state index contributed by atoms with van der Waals surface area (Å²) in [5.41, 5.74) is 6.46. The van der Waals surface area contributed by atoms with Crippen LogP contribution < -0.4 is 5.73 Å². The van der Waals surface area contributed by atoms with Crippen molar-refractivity contribution in [3.63, 3.8) is 0 Å². The summed E-state index contributed by atoms with van der Waals surface area (Å²) in [7, 11) is -2.72. The Labute approximate surface area is 163 Å². The molecule has 0 spiro atoms. The van der Waals surface area contributed by atoms with Gasteiger partial charge in [0.2, 0.25) is 15.9 Å². The van der Waals surface area contributed by atoms with E-state index in [1.165, 1.54) is 31.4 Å². The van der Waals surface area contributed by atoms with Gasteiger partial charge in [-0.05, 0) is 42.0 Å². The second kappa shape index (κ2) is 8.97. The number of nitrogens with two attached hydrogens (primary N) is 1. The van der Waals surface area contributed by atoms with Crippen molar-refractivity contribution in [1.29, 1.82) is 5.26 Å². The van der Waals surface area contributed by atoms with Gasteiger partial charge in [0.1, 0.15) is 6.04 Å². The fourth-order valence-electron chi connectivity index (χ4n) is 2.43. The molecule has 0 saturated carbocycles. The maximum Gasteiger partial charge on any atom is 0.244 e. The fraction of sp³-hybridized carbons (Fsp3) is 0.222. The van der Waals surface area contributed by atoms with E-state index < -0.39 is 22.0 Å². The van der Waals surface area contributed by atoms with Crippen LogP contribution >= 0.6 is 11.6 Å². The maximum absolute atomic E-state index is 13.2. The summed E-state index contributed by atoms with van der Waals surface area (Å²) in [5.74, 6) is -0.831. The van der Waals surface area contributed by atoms with Crippen LogP contribution in [0.4, 0.5) is 0 Å². The number of carbonyl (C=O) groups is 1. The molecule has 142 valence electrons. The highest BCUT2D eigenvalue weighted by molar-refractivity contribution is 7.89. The Kier molecular flexibility index (Phi) is 6.93. The molecule has 2 aromatic carbocycles. The van der Waals surface area contributed by atoms with Crippen molar-refractivity contribution in [1.82, 2.24) is 4.31 Å². The molecule has 2 N–H and O–H groups in total. The zero-order valence-electron chi connectivity index (χ0n) is 14.5. The van der Waals surface area contributed by atoms with E-state index in [-0.39, 0.29) is 18.0 Å². The third-order valence-electron chi connectivity index (χ3n) is 3.84. The largest absolute Gasteiger partial charge is 0.382 e. The van der Waals surface area contributed by atoms with E-state index in [1.807, 2.05) is 6.07 Å². The monoisotopic (exact) mass is 407 g/mol. The van der Waals surface area contributed by atoms with Crippen molar-refractivity contribution in [2.45, 2.75) is 17.5 Å². The van der Waals surface area contributed by atoms with Crippen LogP contribution in [0.2, 0.25) is 5.02 Å². The van der Waals surface area contributed by atoms with Crippen molar-refractivity contribution in [2.75, 3.05) is 13.7 Å². The van der Waals surface area contributed by atoms with Crippen LogP contribution in [0.1, 0.15) is 11.1 Å². The van der Waals surface area contributed by atoms with E-state index in [0.29, 0.717) is 16.1 Å². The molecule has 1 atom stereocenters. The summed E-state index contributed by atoms with van der Waals surface area (Å²) in [6, 6.07) is 12.8. The molecular weight excluding hydrogens is 390 g/mol. The summed E-state index contributed by atoms with van der Waals surface area (Å²) in [5, 5.41) is 9.28. The Hall–Kier alpha value is -2.44. The number of primary amides is 1. The van der Waals surface area contributed by atoms with Crippen LogP contribution in [0.5, 0.6) is 0 Å². The van der Waals surface area contributed by atoms with E-state index in [1.54, 1.807) is 24.3 Å². The standard InChI is InChI=1S/C18H18ClN3O4S/c1-26-12-17(18(21)23)22(11-14-4-2-13(10-20)3-5-14)27(24,25)16-8-6-15(19)7-9-16/h2-9,17H,11-12H2,1H3,(H2,21,23)/t17-/m1/s1. The SMILES string of the molecule is COC[C@H](C(N)=O)N(Cc1ccc(C#N)cc1)S(=O)(=O)c1ccc(Cl)cc1. The molecule has 9 heteroatoms. The number of halogens is 1. The number of sulfonamides is 1. The summed E-state index contributed by atoms with van der Waals surface area (Å²) < 4.78 is 32.3. The average molecular weight is 408 g/mol. The molecule has 0 heterocycles. The third-order valence-corrected chi connectivity index (χ3v) is 5.96. The number of ether oxygens (including phenoxy) is 1. The Morgan fingerprint density at radius 1 is 1.22 bits per heavy atom. The first-order valence-electron chi connectivity index (χ1n) is 7.84. The number of methoxy groups -OCH3 is 1. The van der Waals surface area contributed by atoms with Gasteiger partial charge in [0.25, 0.3) is 0 Å². The molecule has 2 aromatic rings. The van der Waals surface area contributed by atoms with Gasteiger partial charge in [-0.1, -0.05) is 23.7 Å². The molecule has 0 aliphatic heterocycles. The molecular formula is C18H18ClN3O4S. The number of hydrogen-bond donors (Lipinski definition) is 1. The van der Waals surface area contributed by atoms with Crippen molar-refractivity contribution >= 4 is 27.5 Å². The van der Waals surface area contributed by atoms with Gasteiger partial charge in [-0.15, -0.1) is 0 Å². The Bertz CT molecular complexity index is 938. The summed E-state index contributed by atoms with van der Waals surface area (Å²) in [6.45, 7) is -0.313. The molecule has 27 heavy (non-hydrogen) atoms. The molecule has 0 fully saturated rings. The molecule has 0 bridgehead atoms. The normalized spacial score (nSPS) is 12.5. The Morgan fingerprint density at radius 2 is 1.81 bits per heavy atom. The van der Waals surface area contributed by atoms with E-state index in [9.17, 15) is 13.2 Å². The lowest BCUT2D eigenvalue weighted by atomic mass is 10.1. The first kappa shape index (κ1) is 20.9. The molecule has 0 aliphatic carbocycles. The first-order chi connectivity index (χ1) is 12.8. The van der Waals surface area contributed by atoms with Gasteiger partial charge in [0.15, 0.2) is 0 Å². The minimum Gasteiger partial charge on any atom is -0.382 e. The number of amides is 1. The third kappa shape index (κ3) is 5.05. The second-order valence-corrected chi connectivity index (χ2v) is 8.01. The molecule has 2 rings (SSSR count). The molecule has 7 nitrogen and oxygen atoms in total. The highest BCUT2D eigenvalue weighted by Crippen LogP contribution is 2.23. The molecule has 0 aliphatic rings. The van der Waals surface area contributed by atoms with E-state index in [0.717, 1.165) is 4.31 Å². The number of benzene rings is 2. The average Bonchev–Trinajstić information content (AvgIpc) is 2.65. The lowest BCUT2D eigenvalue weighted by Crippen LogP contribution is -2.49. The van der Waals surface area contributed by atoms with Crippen molar-refractivity contribution in [2.24, 2.45) is 5.73 Å². The summed E-state index contributed by atoms with van der Waals surface area (Å²) >= 11 is 5.83. The van der Waals surface area contributed by atoms with Crippen molar-refractivity contribution in [3.05, 3.63) is 64.7 Å². The quantitative estimate of drug-likeness (QED) is 0.717. The van der Waals surface area contributed by atoms with E-state index in [4.69, 9.17) is 27.3 Å². The minimum absolute atomic E-state index is 0.0251. The number of carbonyl (C=O) groups excluding carboxylic acids is 1. The van der Waals surface area contributed by atoms with Crippen LogP contribution in [0.25, 0.3) is 0 Å². The number of nitrogens with zero attached hydrogens (tertiary/aromatic N) is 2. The predicted molar refractivity (Wildman–Crippen MR) is 100 cm³/mol. The van der Waals surface area contributed by atoms with Crippen LogP contribution in [-0.4, -0.2) is 38.4 Å². The van der Waals surface area contributed by atoms with E-state index >= 15 is 0 Å². The molecule has 0 saturated heterocycles. The van der Waals surface area contributed by atoms with Crippen LogP contribution in [0, 0.1) is 11.3 Å². The minimum atomic E-state index is -4.07. The number of hydrogen-bond acceptors (Lipinski definition) is 5. The van der Waals surface area contributed by atoms with Crippen LogP contribution in [-0.2, 0) is 26.1 Å². The highest BCUT2D eigenvalue weighted by atomic mass is 35.5. The van der Waals surface area contributed by atoms with Gasteiger partial charge in [-0.25, -0.2) is 8.42 Å². The number of nitriles is 1. The van der Waals surface area contributed by atoms with Gasteiger partial charge in [0.05, 0.1) is 23.1 Å². The number of rotatable bonds is 8.